The van der Waals surface area contributed by atoms with Crippen molar-refractivity contribution in [3.8, 4) is 0 Å². The van der Waals surface area contributed by atoms with Crippen LogP contribution in [-0.2, 0) is 17.6 Å². The lowest BCUT2D eigenvalue weighted by Crippen LogP contribution is -2.34. The van der Waals surface area contributed by atoms with Crippen LogP contribution in [0.15, 0.2) is 28.8 Å². The van der Waals surface area contributed by atoms with Crippen LogP contribution in [0.5, 0.6) is 0 Å². The van der Waals surface area contributed by atoms with E-state index in [9.17, 15) is 4.79 Å². The maximum absolute atomic E-state index is 12.1. The summed E-state index contributed by atoms with van der Waals surface area (Å²) in [6.45, 7) is 7.56. The molecular formula is C21H30N4O2S. The second kappa shape index (κ2) is 10.6. The zero-order valence-corrected chi connectivity index (χ0v) is 17.6. The van der Waals surface area contributed by atoms with Crippen molar-refractivity contribution in [2.24, 2.45) is 0 Å². The molecule has 1 amide bonds. The van der Waals surface area contributed by atoms with E-state index < -0.39 is 0 Å². The van der Waals surface area contributed by atoms with Crippen LogP contribution < -0.4 is 5.32 Å². The Labute approximate surface area is 171 Å². The normalized spacial score (nSPS) is 15.1. The van der Waals surface area contributed by atoms with Crippen LogP contribution in [0.2, 0.25) is 0 Å². The van der Waals surface area contributed by atoms with Gasteiger partial charge < -0.3 is 14.7 Å². The number of thioether (sulfide) groups is 1. The van der Waals surface area contributed by atoms with Gasteiger partial charge in [0.15, 0.2) is 5.82 Å². The smallest absolute Gasteiger partial charge is 0.226 e. The minimum absolute atomic E-state index is 0.0159. The summed E-state index contributed by atoms with van der Waals surface area (Å²) >= 11 is 2.04. The third kappa shape index (κ3) is 6.63. The van der Waals surface area contributed by atoms with Crippen molar-refractivity contribution in [1.29, 1.82) is 0 Å². The summed E-state index contributed by atoms with van der Waals surface area (Å²) in [6, 6.07) is 8.21. The van der Waals surface area contributed by atoms with Gasteiger partial charge in [-0.25, -0.2) is 0 Å². The number of carbonyl (C=O) groups is 1. The highest BCUT2D eigenvalue weighted by atomic mass is 32.2. The minimum Gasteiger partial charge on any atom is -0.339 e. The number of amides is 1. The maximum Gasteiger partial charge on any atom is 0.226 e. The topological polar surface area (TPSA) is 71.3 Å². The predicted molar refractivity (Wildman–Crippen MR) is 114 cm³/mol. The van der Waals surface area contributed by atoms with Crippen LogP contribution in [0.4, 0.5) is 5.69 Å². The van der Waals surface area contributed by atoms with Gasteiger partial charge in [-0.1, -0.05) is 31.1 Å². The first-order valence-corrected chi connectivity index (χ1v) is 11.3. The number of anilines is 1. The van der Waals surface area contributed by atoms with Gasteiger partial charge in [-0.2, -0.15) is 16.7 Å². The minimum atomic E-state index is 0.0159. The molecule has 0 bridgehead atoms. The summed E-state index contributed by atoms with van der Waals surface area (Å²) in [7, 11) is 0. The van der Waals surface area contributed by atoms with Crippen molar-refractivity contribution in [1.82, 2.24) is 15.0 Å². The van der Waals surface area contributed by atoms with E-state index in [2.05, 4.69) is 32.5 Å². The summed E-state index contributed by atoms with van der Waals surface area (Å²) in [5.74, 6) is 4.09. The van der Waals surface area contributed by atoms with E-state index in [-0.39, 0.29) is 11.8 Å². The molecule has 1 aliphatic rings. The number of aromatic nitrogens is 2. The standard InChI is InChI=1S/C21H30N4O2S/c1-16(2)21-23-20(27-24-21)5-3-4-19(26)22-18-8-6-17(7-9-18)10-11-25-12-14-28-15-13-25/h6-9,16H,3-5,10-15H2,1-2H3,(H,22,26). The highest BCUT2D eigenvalue weighted by Crippen LogP contribution is 2.14. The average molecular weight is 403 g/mol. The Bertz CT molecular complexity index is 739. The molecule has 1 aromatic heterocycles. The molecule has 28 heavy (non-hydrogen) atoms. The molecule has 7 heteroatoms. The number of benzene rings is 1. The molecule has 3 rings (SSSR count). The van der Waals surface area contributed by atoms with Gasteiger partial charge in [0.2, 0.25) is 11.8 Å². The van der Waals surface area contributed by atoms with Gasteiger partial charge in [0.1, 0.15) is 0 Å². The number of nitrogens with one attached hydrogen (secondary N) is 1. The monoisotopic (exact) mass is 402 g/mol. The van der Waals surface area contributed by atoms with E-state index in [1.54, 1.807) is 0 Å². The number of hydrogen-bond donors (Lipinski definition) is 1. The van der Waals surface area contributed by atoms with Crippen LogP contribution in [0.1, 0.15) is 49.9 Å². The Hall–Kier alpha value is -1.86. The van der Waals surface area contributed by atoms with Gasteiger partial charge in [-0.3, -0.25) is 4.79 Å². The fraction of sp³-hybridized carbons (Fsp3) is 0.571. The summed E-state index contributed by atoms with van der Waals surface area (Å²) < 4.78 is 5.21. The van der Waals surface area contributed by atoms with Crippen LogP contribution in [0.25, 0.3) is 0 Å². The van der Waals surface area contributed by atoms with E-state index in [1.807, 2.05) is 37.7 Å². The molecule has 2 aromatic rings. The first-order valence-electron chi connectivity index (χ1n) is 10.1. The van der Waals surface area contributed by atoms with Gasteiger partial charge in [0.05, 0.1) is 0 Å². The number of nitrogens with zero attached hydrogens (tertiary/aromatic N) is 3. The molecule has 0 unspecified atom stereocenters. The van der Waals surface area contributed by atoms with Crippen LogP contribution >= 0.6 is 11.8 Å². The second-order valence-electron chi connectivity index (χ2n) is 7.50. The van der Waals surface area contributed by atoms with E-state index in [0.29, 0.717) is 25.2 Å². The molecule has 2 heterocycles. The Kier molecular flexibility index (Phi) is 7.91. The van der Waals surface area contributed by atoms with E-state index in [1.165, 1.54) is 30.2 Å². The fourth-order valence-electron chi connectivity index (χ4n) is 3.09. The zero-order valence-electron chi connectivity index (χ0n) is 16.8. The quantitative estimate of drug-likeness (QED) is 0.689. The number of carbonyl (C=O) groups excluding carboxylic acids is 1. The zero-order chi connectivity index (χ0) is 19.8. The molecule has 1 aromatic carbocycles. The van der Waals surface area contributed by atoms with Gasteiger partial charge in [0.25, 0.3) is 0 Å². The molecule has 152 valence electrons. The molecular weight excluding hydrogens is 372 g/mol. The number of aryl methyl sites for hydroxylation is 1. The van der Waals surface area contributed by atoms with Crippen molar-refractivity contribution in [3.05, 3.63) is 41.5 Å². The first kappa shape index (κ1) is 20.9. The van der Waals surface area contributed by atoms with Crippen LogP contribution in [0, 0.1) is 0 Å². The maximum atomic E-state index is 12.1. The van der Waals surface area contributed by atoms with E-state index >= 15 is 0 Å². The third-order valence-corrected chi connectivity index (χ3v) is 5.80. The molecule has 1 N–H and O–H groups in total. The number of hydrogen-bond acceptors (Lipinski definition) is 6. The second-order valence-corrected chi connectivity index (χ2v) is 8.73. The molecule has 1 aliphatic heterocycles. The fourth-order valence-corrected chi connectivity index (χ4v) is 4.07. The molecule has 0 spiro atoms. The number of rotatable bonds is 9. The average Bonchev–Trinajstić information content (AvgIpc) is 3.18. The van der Waals surface area contributed by atoms with Gasteiger partial charge in [-0.15, -0.1) is 0 Å². The van der Waals surface area contributed by atoms with Crippen molar-refractivity contribution < 1.29 is 9.32 Å². The largest absolute Gasteiger partial charge is 0.339 e. The first-order chi connectivity index (χ1) is 13.6. The van der Waals surface area contributed by atoms with Crippen LogP contribution in [0.3, 0.4) is 0 Å². The lowest BCUT2D eigenvalue weighted by atomic mass is 10.1. The molecule has 6 nitrogen and oxygen atoms in total. The van der Waals surface area contributed by atoms with Crippen LogP contribution in [-0.4, -0.2) is 52.1 Å². The molecule has 0 saturated carbocycles. The highest BCUT2D eigenvalue weighted by molar-refractivity contribution is 7.99. The molecule has 0 aliphatic carbocycles. The molecule has 0 atom stereocenters. The SMILES string of the molecule is CC(C)c1noc(CCCC(=O)Nc2ccc(CCN3CCSCC3)cc2)n1. The lowest BCUT2D eigenvalue weighted by molar-refractivity contribution is -0.116. The van der Waals surface area contributed by atoms with E-state index in [4.69, 9.17) is 4.52 Å². The van der Waals surface area contributed by atoms with Gasteiger partial charge >= 0.3 is 0 Å². The summed E-state index contributed by atoms with van der Waals surface area (Å²) in [5.41, 5.74) is 2.16. The summed E-state index contributed by atoms with van der Waals surface area (Å²) in [5, 5.41) is 6.91. The molecule has 0 radical (unpaired) electrons. The summed E-state index contributed by atoms with van der Waals surface area (Å²) in [6.07, 6.45) is 2.81. The summed E-state index contributed by atoms with van der Waals surface area (Å²) in [4.78, 5) is 19.0. The Morgan fingerprint density at radius 1 is 1.21 bits per heavy atom. The third-order valence-electron chi connectivity index (χ3n) is 4.85. The molecule has 1 saturated heterocycles. The molecule has 1 fully saturated rings. The predicted octanol–water partition coefficient (Wildman–Crippen LogP) is 3.75. The van der Waals surface area contributed by atoms with Gasteiger partial charge in [0, 0.05) is 55.6 Å². The highest BCUT2D eigenvalue weighted by Gasteiger charge is 2.11. The van der Waals surface area contributed by atoms with E-state index in [0.717, 1.165) is 24.5 Å². The Morgan fingerprint density at radius 3 is 2.64 bits per heavy atom. The van der Waals surface area contributed by atoms with Crippen molar-refractivity contribution >= 4 is 23.4 Å². The van der Waals surface area contributed by atoms with Crippen molar-refractivity contribution in [3.63, 3.8) is 0 Å². The lowest BCUT2D eigenvalue weighted by Gasteiger charge is -2.26. The Balaban J connectivity index is 1.36. The Morgan fingerprint density at radius 2 is 1.96 bits per heavy atom. The van der Waals surface area contributed by atoms with Gasteiger partial charge in [-0.05, 0) is 30.5 Å². The van der Waals surface area contributed by atoms with Crippen molar-refractivity contribution in [2.45, 2.75) is 45.4 Å². The van der Waals surface area contributed by atoms with Crippen molar-refractivity contribution in [2.75, 3.05) is 36.5 Å².